The number of pyridine rings is 1. The summed E-state index contributed by atoms with van der Waals surface area (Å²) < 4.78 is 13.4. The molecule has 1 aromatic carbocycles. The van der Waals surface area contributed by atoms with Crippen molar-refractivity contribution in [3.8, 4) is 0 Å². The highest BCUT2D eigenvalue weighted by Crippen LogP contribution is 2.33. The van der Waals surface area contributed by atoms with Gasteiger partial charge in [0.05, 0.1) is 11.7 Å². The molecule has 1 aliphatic rings. The van der Waals surface area contributed by atoms with Crippen LogP contribution in [-0.2, 0) is 6.54 Å². The largest absolute Gasteiger partial charge is 0.357 e. The lowest BCUT2D eigenvalue weighted by Crippen LogP contribution is -2.33. The van der Waals surface area contributed by atoms with Crippen molar-refractivity contribution < 1.29 is 4.39 Å². The Hall–Kier alpha value is -2.20. The Morgan fingerprint density at radius 1 is 1.17 bits per heavy atom. The minimum Gasteiger partial charge on any atom is -0.357 e. The zero-order valence-electron chi connectivity index (χ0n) is 13.0. The fourth-order valence-electron chi connectivity index (χ4n) is 3.54. The Kier molecular flexibility index (Phi) is 3.83. The molecule has 0 spiro atoms. The molecule has 0 amide bonds. The van der Waals surface area contributed by atoms with Crippen LogP contribution in [0.4, 0.5) is 4.39 Å². The van der Waals surface area contributed by atoms with Gasteiger partial charge in [0.25, 0.3) is 0 Å². The van der Waals surface area contributed by atoms with Crippen LogP contribution in [0.3, 0.4) is 0 Å². The molecule has 0 saturated carbocycles. The lowest BCUT2D eigenvalue weighted by molar-refractivity contribution is 0.136. The van der Waals surface area contributed by atoms with Gasteiger partial charge >= 0.3 is 0 Å². The molecule has 1 unspecified atom stereocenters. The Balaban J connectivity index is 1.63. The summed E-state index contributed by atoms with van der Waals surface area (Å²) in [6, 6.07) is 13.4. The summed E-state index contributed by atoms with van der Waals surface area (Å²) >= 11 is 0. The molecule has 1 atom stereocenters. The minimum absolute atomic E-state index is 0.183. The Labute approximate surface area is 135 Å². The maximum Gasteiger partial charge on any atom is 0.123 e. The van der Waals surface area contributed by atoms with Crippen molar-refractivity contribution in [3.63, 3.8) is 0 Å². The van der Waals surface area contributed by atoms with Gasteiger partial charge < -0.3 is 4.98 Å². The van der Waals surface area contributed by atoms with Crippen molar-refractivity contribution in [3.05, 3.63) is 65.9 Å². The number of benzene rings is 1. The van der Waals surface area contributed by atoms with Crippen LogP contribution in [0.15, 0.2) is 48.7 Å². The fourth-order valence-corrected chi connectivity index (χ4v) is 3.54. The number of piperidine rings is 1. The Morgan fingerprint density at radius 3 is 3.00 bits per heavy atom. The molecule has 23 heavy (non-hydrogen) atoms. The number of aromatic amines is 1. The first-order chi connectivity index (χ1) is 11.3. The van der Waals surface area contributed by atoms with E-state index in [0.29, 0.717) is 6.04 Å². The number of fused-ring (bicyclic) bond motifs is 1. The lowest BCUT2D eigenvalue weighted by Gasteiger charge is -2.35. The highest BCUT2D eigenvalue weighted by atomic mass is 19.1. The van der Waals surface area contributed by atoms with E-state index in [1.54, 1.807) is 6.07 Å². The fraction of sp³-hybridized carbons (Fsp3) is 0.316. The van der Waals surface area contributed by atoms with E-state index in [1.165, 1.54) is 24.6 Å². The summed E-state index contributed by atoms with van der Waals surface area (Å²) in [6.07, 6.45) is 5.42. The van der Waals surface area contributed by atoms with E-state index in [9.17, 15) is 4.39 Å². The molecule has 3 heterocycles. The second kappa shape index (κ2) is 6.13. The predicted molar refractivity (Wildman–Crippen MR) is 89.5 cm³/mol. The van der Waals surface area contributed by atoms with E-state index >= 15 is 0 Å². The molecule has 1 aliphatic heterocycles. The van der Waals surface area contributed by atoms with Crippen molar-refractivity contribution >= 4 is 10.9 Å². The van der Waals surface area contributed by atoms with Crippen molar-refractivity contribution in [1.82, 2.24) is 14.9 Å². The average Bonchev–Trinajstić information content (AvgIpc) is 2.99. The molecule has 3 nitrogen and oxygen atoms in total. The number of likely N-dealkylation sites (tertiary alicyclic amines) is 1. The summed E-state index contributed by atoms with van der Waals surface area (Å²) in [5.41, 5.74) is 3.28. The quantitative estimate of drug-likeness (QED) is 0.776. The van der Waals surface area contributed by atoms with Gasteiger partial charge in [-0.15, -0.1) is 0 Å². The first-order valence-corrected chi connectivity index (χ1v) is 8.22. The highest BCUT2D eigenvalue weighted by Gasteiger charge is 2.25. The molecule has 1 fully saturated rings. The Bertz CT molecular complexity index is 797. The molecule has 1 saturated heterocycles. The molecular weight excluding hydrogens is 289 g/mol. The normalized spacial score (nSPS) is 19.3. The van der Waals surface area contributed by atoms with Gasteiger partial charge in [-0.2, -0.15) is 0 Å². The van der Waals surface area contributed by atoms with Gasteiger partial charge in [0.1, 0.15) is 5.82 Å². The number of hydrogen-bond acceptors (Lipinski definition) is 2. The van der Waals surface area contributed by atoms with Gasteiger partial charge in [-0.1, -0.05) is 12.5 Å². The van der Waals surface area contributed by atoms with Crippen LogP contribution in [0.5, 0.6) is 0 Å². The summed E-state index contributed by atoms with van der Waals surface area (Å²) in [7, 11) is 0. The van der Waals surface area contributed by atoms with Crippen LogP contribution in [0, 0.1) is 5.82 Å². The van der Waals surface area contributed by atoms with Crippen molar-refractivity contribution in [2.24, 2.45) is 0 Å². The molecule has 0 radical (unpaired) electrons. The minimum atomic E-state index is -0.183. The molecular formula is C19H20FN3. The van der Waals surface area contributed by atoms with E-state index in [2.05, 4.69) is 27.0 Å². The standard InChI is InChI=1S/C19H20FN3/c20-15-7-8-17-14(11-15)12-18(22-17)19-6-2-4-10-23(19)13-16-5-1-3-9-21-16/h1,3,5,7-9,11-12,19,22H,2,4,6,10,13H2. The maximum absolute atomic E-state index is 13.4. The van der Waals surface area contributed by atoms with Crippen LogP contribution >= 0.6 is 0 Å². The second-order valence-electron chi connectivity index (χ2n) is 6.26. The van der Waals surface area contributed by atoms with Crippen molar-refractivity contribution in [2.75, 3.05) is 6.54 Å². The maximum atomic E-state index is 13.4. The summed E-state index contributed by atoms with van der Waals surface area (Å²) in [4.78, 5) is 10.4. The van der Waals surface area contributed by atoms with Gasteiger partial charge in [-0.3, -0.25) is 9.88 Å². The van der Waals surface area contributed by atoms with Gasteiger partial charge in [0, 0.05) is 29.3 Å². The second-order valence-corrected chi connectivity index (χ2v) is 6.26. The van der Waals surface area contributed by atoms with Gasteiger partial charge in [-0.05, 0) is 55.8 Å². The molecule has 1 N–H and O–H groups in total. The number of H-pyrrole nitrogens is 1. The molecule has 0 bridgehead atoms. The molecule has 118 valence electrons. The topological polar surface area (TPSA) is 31.9 Å². The number of halogens is 1. The average molecular weight is 309 g/mol. The van der Waals surface area contributed by atoms with Crippen LogP contribution in [0.2, 0.25) is 0 Å². The third-order valence-electron chi connectivity index (χ3n) is 4.67. The zero-order valence-corrected chi connectivity index (χ0v) is 13.0. The third kappa shape index (κ3) is 2.99. The number of nitrogens with zero attached hydrogens (tertiary/aromatic N) is 2. The number of nitrogens with one attached hydrogen (secondary N) is 1. The van der Waals surface area contributed by atoms with Crippen LogP contribution in [0.1, 0.15) is 36.7 Å². The summed E-state index contributed by atoms with van der Waals surface area (Å²) in [5.74, 6) is -0.183. The number of rotatable bonds is 3. The first-order valence-electron chi connectivity index (χ1n) is 8.22. The highest BCUT2D eigenvalue weighted by molar-refractivity contribution is 5.80. The zero-order chi connectivity index (χ0) is 15.6. The van der Waals surface area contributed by atoms with Crippen molar-refractivity contribution in [1.29, 1.82) is 0 Å². The first kappa shape index (κ1) is 14.4. The van der Waals surface area contributed by atoms with E-state index in [-0.39, 0.29) is 5.82 Å². The van der Waals surface area contributed by atoms with Gasteiger partial charge in [-0.25, -0.2) is 4.39 Å². The van der Waals surface area contributed by atoms with Gasteiger partial charge in [0.15, 0.2) is 0 Å². The molecule has 4 rings (SSSR count). The molecule has 3 aromatic rings. The Morgan fingerprint density at radius 2 is 2.13 bits per heavy atom. The smallest absolute Gasteiger partial charge is 0.123 e. The third-order valence-corrected chi connectivity index (χ3v) is 4.67. The molecule has 4 heteroatoms. The monoisotopic (exact) mass is 309 g/mol. The van der Waals surface area contributed by atoms with E-state index in [0.717, 1.165) is 36.1 Å². The number of aromatic nitrogens is 2. The van der Waals surface area contributed by atoms with Gasteiger partial charge in [0.2, 0.25) is 0 Å². The van der Waals surface area contributed by atoms with Crippen LogP contribution in [0.25, 0.3) is 10.9 Å². The summed E-state index contributed by atoms with van der Waals surface area (Å²) in [6.45, 7) is 1.93. The summed E-state index contributed by atoms with van der Waals surface area (Å²) in [5, 5.41) is 0.948. The van der Waals surface area contributed by atoms with Crippen LogP contribution in [-0.4, -0.2) is 21.4 Å². The lowest BCUT2D eigenvalue weighted by atomic mass is 9.99. The molecule has 2 aromatic heterocycles. The number of hydrogen-bond donors (Lipinski definition) is 1. The van der Waals surface area contributed by atoms with Crippen LogP contribution < -0.4 is 0 Å². The van der Waals surface area contributed by atoms with Crippen molar-refractivity contribution in [2.45, 2.75) is 31.8 Å². The predicted octanol–water partition coefficient (Wildman–Crippen LogP) is 4.43. The van der Waals surface area contributed by atoms with E-state index in [1.807, 2.05) is 24.4 Å². The van der Waals surface area contributed by atoms with E-state index in [4.69, 9.17) is 0 Å². The molecule has 0 aliphatic carbocycles. The van der Waals surface area contributed by atoms with E-state index < -0.39 is 0 Å². The SMILES string of the molecule is Fc1ccc2[nH]c(C3CCCCN3Cc3ccccn3)cc2c1.